The number of hydrogen-bond donors (Lipinski definition) is 2. The first-order valence-electron chi connectivity index (χ1n) is 12.1. The molecule has 2 nitrogen and oxygen atoms in total. The highest BCUT2D eigenvalue weighted by atomic mass is 14.6. The lowest BCUT2D eigenvalue weighted by Gasteiger charge is -2.04. The van der Waals surface area contributed by atoms with Gasteiger partial charge < -0.3 is 11.5 Å². The Balaban J connectivity index is 0. The fourth-order valence-electron chi connectivity index (χ4n) is 3.23. The topological polar surface area (TPSA) is 52.0 Å². The van der Waals surface area contributed by atoms with Crippen molar-refractivity contribution >= 4 is 0 Å². The van der Waals surface area contributed by atoms with Crippen molar-refractivity contribution in [1.29, 1.82) is 0 Å². The van der Waals surface area contributed by atoms with E-state index in [4.69, 9.17) is 11.5 Å². The molecule has 0 saturated heterocycles. The van der Waals surface area contributed by atoms with Gasteiger partial charge in [0, 0.05) is 6.04 Å². The summed E-state index contributed by atoms with van der Waals surface area (Å²) >= 11 is 0. The zero-order valence-electron chi connectivity index (χ0n) is 18.9. The van der Waals surface area contributed by atoms with Crippen LogP contribution in [0.2, 0.25) is 0 Å². The molecule has 0 heterocycles. The van der Waals surface area contributed by atoms with Gasteiger partial charge in [0.15, 0.2) is 0 Å². The van der Waals surface area contributed by atoms with Crippen molar-refractivity contribution in [3.8, 4) is 0 Å². The maximum atomic E-state index is 5.67. The molecule has 0 aliphatic rings. The van der Waals surface area contributed by atoms with Gasteiger partial charge in [0.05, 0.1) is 0 Å². The molecule has 0 rings (SSSR count). The Kier molecular flexibility index (Phi) is 29.4. The van der Waals surface area contributed by atoms with Crippen LogP contribution in [0, 0.1) is 0 Å². The summed E-state index contributed by atoms with van der Waals surface area (Å²) in [7, 11) is 0. The maximum absolute atomic E-state index is 5.67. The minimum atomic E-state index is 0.403. The molecular weight excluding hydrogens is 316 g/mol. The van der Waals surface area contributed by atoms with Gasteiger partial charge in [-0.05, 0) is 26.3 Å². The minimum absolute atomic E-state index is 0.403. The van der Waals surface area contributed by atoms with E-state index in [1.807, 2.05) is 0 Å². The standard InChI is InChI=1S/2C12H27N/c1-3-4-5-6-7-8-9-10-11-12(2)13;1-2-3-4-5-6-7-8-9-10-11-12-13/h12H,3-11,13H2,1-2H3;2-13H2,1H3. The van der Waals surface area contributed by atoms with E-state index in [9.17, 15) is 0 Å². The minimum Gasteiger partial charge on any atom is -0.330 e. The zero-order chi connectivity index (χ0) is 19.7. The van der Waals surface area contributed by atoms with E-state index in [0.717, 1.165) is 6.54 Å². The summed E-state index contributed by atoms with van der Waals surface area (Å²) < 4.78 is 0. The lowest BCUT2D eigenvalue weighted by atomic mass is 10.1. The number of unbranched alkanes of at least 4 members (excludes halogenated alkanes) is 16. The van der Waals surface area contributed by atoms with E-state index in [1.54, 1.807) is 0 Å². The molecule has 0 aliphatic carbocycles. The van der Waals surface area contributed by atoms with Crippen LogP contribution in [0.1, 0.15) is 143 Å². The molecule has 4 N–H and O–H groups in total. The second-order valence-electron chi connectivity index (χ2n) is 8.21. The molecule has 0 aromatic heterocycles. The fourth-order valence-corrected chi connectivity index (χ4v) is 3.23. The smallest absolute Gasteiger partial charge is 0.00104 e. The molecule has 1 unspecified atom stereocenters. The third-order valence-electron chi connectivity index (χ3n) is 5.07. The Hall–Kier alpha value is -0.0800. The van der Waals surface area contributed by atoms with Crippen LogP contribution in [0.25, 0.3) is 0 Å². The van der Waals surface area contributed by atoms with Crippen LogP contribution in [0.5, 0.6) is 0 Å². The first-order chi connectivity index (χ1) is 12.7. The first kappa shape index (κ1) is 28.1. The second kappa shape index (κ2) is 27.1. The fraction of sp³-hybridized carbons (Fsp3) is 1.00. The third kappa shape index (κ3) is 31.7. The molecule has 0 fully saturated rings. The lowest BCUT2D eigenvalue weighted by molar-refractivity contribution is 0.541. The van der Waals surface area contributed by atoms with Gasteiger partial charge >= 0.3 is 0 Å². The van der Waals surface area contributed by atoms with Gasteiger partial charge in [-0.15, -0.1) is 0 Å². The van der Waals surface area contributed by atoms with Gasteiger partial charge in [0.2, 0.25) is 0 Å². The first-order valence-corrected chi connectivity index (χ1v) is 12.1. The molecule has 2 heteroatoms. The molecule has 0 aliphatic heterocycles. The Morgan fingerprint density at radius 3 is 1.12 bits per heavy atom. The van der Waals surface area contributed by atoms with Gasteiger partial charge in [-0.1, -0.05) is 123 Å². The average Bonchev–Trinajstić information content (AvgIpc) is 2.63. The highest BCUT2D eigenvalue weighted by Gasteiger charge is 1.94. The summed E-state index contributed by atoms with van der Waals surface area (Å²) in [4.78, 5) is 0. The lowest BCUT2D eigenvalue weighted by Crippen LogP contribution is -2.13. The zero-order valence-corrected chi connectivity index (χ0v) is 18.9. The number of hydrogen-bond acceptors (Lipinski definition) is 2. The van der Waals surface area contributed by atoms with Crippen molar-refractivity contribution in [2.75, 3.05) is 6.54 Å². The van der Waals surface area contributed by atoms with Gasteiger partial charge in [-0.25, -0.2) is 0 Å². The maximum Gasteiger partial charge on any atom is 0.00104 e. The third-order valence-corrected chi connectivity index (χ3v) is 5.07. The van der Waals surface area contributed by atoms with Gasteiger partial charge in [-0.3, -0.25) is 0 Å². The van der Waals surface area contributed by atoms with Gasteiger partial charge in [-0.2, -0.15) is 0 Å². The van der Waals surface area contributed by atoms with E-state index < -0.39 is 0 Å². The monoisotopic (exact) mass is 370 g/mol. The van der Waals surface area contributed by atoms with Crippen molar-refractivity contribution in [3.63, 3.8) is 0 Å². The molecule has 26 heavy (non-hydrogen) atoms. The van der Waals surface area contributed by atoms with Crippen LogP contribution in [-0.2, 0) is 0 Å². The van der Waals surface area contributed by atoms with E-state index in [2.05, 4.69) is 20.8 Å². The predicted octanol–water partition coefficient (Wildman–Crippen LogP) is 7.73. The molecule has 0 amide bonds. The van der Waals surface area contributed by atoms with Crippen molar-refractivity contribution in [2.45, 2.75) is 149 Å². The van der Waals surface area contributed by atoms with E-state index in [0.29, 0.717) is 6.04 Å². The quantitative estimate of drug-likeness (QED) is 0.228. The molecule has 0 saturated carbocycles. The molecule has 1 atom stereocenters. The molecule has 0 aromatic rings. The number of rotatable bonds is 19. The van der Waals surface area contributed by atoms with Crippen LogP contribution in [-0.4, -0.2) is 12.6 Å². The Labute approximate surface area is 167 Å². The van der Waals surface area contributed by atoms with E-state index in [-0.39, 0.29) is 0 Å². The van der Waals surface area contributed by atoms with Gasteiger partial charge in [0.1, 0.15) is 0 Å². The highest BCUT2D eigenvalue weighted by Crippen LogP contribution is 2.10. The molecule has 0 aromatic carbocycles. The number of nitrogens with two attached hydrogens (primary N) is 2. The summed E-state index contributed by atoms with van der Waals surface area (Å²) in [5.74, 6) is 0. The molecular formula is C24H54N2. The van der Waals surface area contributed by atoms with E-state index in [1.165, 1.54) is 122 Å². The van der Waals surface area contributed by atoms with Gasteiger partial charge in [0.25, 0.3) is 0 Å². The summed E-state index contributed by atoms with van der Waals surface area (Å²) in [6, 6.07) is 0.403. The molecule has 0 radical (unpaired) electrons. The SMILES string of the molecule is CCCCCCCCCCC(C)N.CCCCCCCCCCCCN. The van der Waals surface area contributed by atoms with E-state index >= 15 is 0 Å². The highest BCUT2D eigenvalue weighted by molar-refractivity contribution is 4.53. The van der Waals surface area contributed by atoms with Crippen molar-refractivity contribution < 1.29 is 0 Å². The summed E-state index contributed by atoms with van der Waals surface area (Å²) in [6.45, 7) is 7.51. The van der Waals surface area contributed by atoms with Crippen LogP contribution >= 0.6 is 0 Å². The average molecular weight is 371 g/mol. The molecule has 160 valence electrons. The van der Waals surface area contributed by atoms with Crippen LogP contribution in [0.3, 0.4) is 0 Å². The predicted molar refractivity (Wildman–Crippen MR) is 122 cm³/mol. The van der Waals surface area contributed by atoms with Crippen LogP contribution in [0.15, 0.2) is 0 Å². The summed E-state index contributed by atoms with van der Waals surface area (Å²) in [5.41, 5.74) is 11.1. The largest absolute Gasteiger partial charge is 0.330 e. The molecule has 0 bridgehead atoms. The Morgan fingerprint density at radius 2 is 0.808 bits per heavy atom. The molecule has 0 spiro atoms. The summed E-state index contributed by atoms with van der Waals surface area (Å²) in [5, 5.41) is 0. The Bertz CT molecular complexity index is 206. The van der Waals surface area contributed by atoms with Crippen LogP contribution < -0.4 is 11.5 Å². The second-order valence-corrected chi connectivity index (χ2v) is 8.21. The summed E-state index contributed by atoms with van der Waals surface area (Å²) in [6.07, 6.45) is 26.3. The Morgan fingerprint density at radius 1 is 0.500 bits per heavy atom. The van der Waals surface area contributed by atoms with Crippen LogP contribution in [0.4, 0.5) is 0 Å². The van der Waals surface area contributed by atoms with Crippen molar-refractivity contribution in [1.82, 2.24) is 0 Å². The normalized spacial score (nSPS) is 11.9. The van der Waals surface area contributed by atoms with Crippen molar-refractivity contribution in [2.24, 2.45) is 11.5 Å². The van der Waals surface area contributed by atoms with Crippen molar-refractivity contribution in [3.05, 3.63) is 0 Å².